The predicted octanol–water partition coefficient (Wildman–Crippen LogP) is 1.63. The van der Waals surface area contributed by atoms with Crippen LogP contribution in [-0.4, -0.2) is 61.0 Å². The average Bonchev–Trinajstić information content (AvgIpc) is 3.21. The van der Waals surface area contributed by atoms with Crippen LogP contribution in [0.4, 0.5) is 0 Å². The van der Waals surface area contributed by atoms with E-state index in [9.17, 15) is 5.11 Å². The summed E-state index contributed by atoms with van der Waals surface area (Å²) in [5.41, 5.74) is -0.139. The van der Waals surface area contributed by atoms with E-state index in [1.807, 2.05) is 0 Å². The highest BCUT2D eigenvalue weighted by molar-refractivity contribution is 4.93. The van der Waals surface area contributed by atoms with Gasteiger partial charge in [0.15, 0.2) is 0 Å². The molecule has 0 aromatic carbocycles. The average molecular weight is 272 g/mol. The maximum absolute atomic E-state index is 9.64. The maximum atomic E-state index is 9.64. The first kappa shape index (κ1) is 16.9. The second-order valence-electron chi connectivity index (χ2n) is 6.17. The lowest BCUT2D eigenvalue weighted by Crippen LogP contribution is -2.50. The third kappa shape index (κ3) is 6.21. The van der Waals surface area contributed by atoms with Crippen molar-refractivity contribution in [1.82, 2.24) is 10.2 Å². The Bertz CT molecular complexity index is 246. The number of hydrogen-bond acceptors (Lipinski definition) is 4. The summed E-state index contributed by atoms with van der Waals surface area (Å²) in [4.78, 5) is 2.46. The van der Waals surface area contributed by atoms with Crippen LogP contribution in [0, 0.1) is 0 Å². The Morgan fingerprint density at radius 1 is 1.42 bits per heavy atom. The van der Waals surface area contributed by atoms with Crippen LogP contribution in [0.25, 0.3) is 0 Å². The minimum absolute atomic E-state index is 0.139. The lowest BCUT2D eigenvalue weighted by molar-refractivity contribution is 0.0993. The standard InChI is InChI=1S/C15H32N2O2/c1-5-13(2)17(10-11-19-4)9-8-15(3,12-18)16-14-6-7-14/h13-14,16,18H,5-12H2,1-4H3. The molecule has 2 atom stereocenters. The summed E-state index contributed by atoms with van der Waals surface area (Å²) in [6, 6.07) is 1.20. The summed E-state index contributed by atoms with van der Waals surface area (Å²) in [5, 5.41) is 13.2. The van der Waals surface area contributed by atoms with Gasteiger partial charge in [-0.3, -0.25) is 4.90 Å². The molecular weight excluding hydrogens is 240 g/mol. The van der Waals surface area contributed by atoms with Crippen molar-refractivity contribution in [3.63, 3.8) is 0 Å². The van der Waals surface area contributed by atoms with Crippen LogP contribution in [-0.2, 0) is 4.74 Å². The lowest BCUT2D eigenvalue weighted by atomic mass is 9.98. The Morgan fingerprint density at radius 3 is 2.58 bits per heavy atom. The minimum Gasteiger partial charge on any atom is -0.394 e. The molecule has 1 rings (SSSR count). The molecule has 0 aromatic rings. The van der Waals surface area contributed by atoms with Crippen molar-refractivity contribution in [3.05, 3.63) is 0 Å². The van der Waals surface area contributed by atoms with Gasteiger partial charge >= 0.3 is 0 Å². The van der Waals surface area contributed by atoms with Crippen LogP contribution in [0.15, 0.2) is 0 Å². The molecule has 0 heterocycles. The monoisotopic (exact) mass is 272 g/mol. The van der Waals surface area contributed by atoms with Gasteiger partial charge in [-0.05, 0) is 39.5 Å². The number of aliphatic hydroxyl groups is 1. The van der Waals surface area contributed by atoms with E-state index in [-0.39, 0.29) is 12.1 Å². The number of ether oxygens (including phenoxy) is 1. The molecule has 4 nitrogen and oxygen atoms in total. The first-order valence-corrected chi connectivity index (χ1v) is 7.66. The molecule has 0 spiro atoms. The third-order valence-corrected chi connectivity index (χ3v) is 4.23. The first-order chi connectivity index (χ1) is 9.04. The van der Waals surface area contributed by atoms with E-state index in [1.165, 1.54) is 12.8 Å². The molecule has 0 aliphatic heterocycles. The normalized spacial score (nSPS) is 20.5. The fraction of sp³-hybridized carbons (Fsp3) is 1.00. The van der Waals surface area contributed by atoms with Gasteiger partial charge in [-0.2, -0.15) is 0 Å². The van der Waals surface area contributed by atoms with Gasteiger partial charge in [0.1, 0.15) is 0 Å². The van der Waals surface area contributed by atoms with E-state index < -0.39 is 0 Å². The van der Waals surface area contributed by atoms with Gasteiger partial charge in [0.2, 0.25) is 0 Å². The lowest BCUT2D eigenvalue weighted by Gasteiger charge is -2.34. The SMILES string of the molecule is CCC(C)N(CCOC)CCC(C)(CO)NC1CC1. The summed E-state index contributed by atoms with van der Waals surface area (Å²) in [6.45, 7) is 9.58. The molecule has 114 valence electrons. The Hall–Kier alpha value is -0.160. The molecule has 0 aromatic heterocycles. The molecule has 2 N–H and O–H groups in total. The fourth-order valence-corrected chi connectivity index (χ4v) is 2.33. The number of rotatable bonds is 11. The third-order valence-electron chi connectivity index (χ3n) is 4.23. The van der Waals surface area contributed by atoms with E-state index >= 15 is 0 Å². The van der Waals surface area contributed by atoms with Gasteiger partial charge in [0.25, 0.3) is 0 Å². The van der Waals surface area contributed by atoms with Crippen molar-refractivity contribution in [2.75, 3.05) is 33.4 Å². The van der Waals surface area contributed by atoms with Gasteiger partial charge in [-0.15, -0.1) is 0 Å². The zero-order valence-corrected chi connectivity index (χ0v) is 13.1. The molecule has 0 radical (unpaired) electrons. The topological polar surface area (TPSA) is 44.7 Å². The Balaban J connectivity index is 2.42. The van der Waals surface area contributed by atoms with E-state index in [0.717, 1.165) is 32.5 Å². The highest BCUT2D eigenvalue weighted by Gasteiger charge is 2.32. The van der Waals surface area contributed by atoms with Gasteiger partial charge < -0.3 is 15.2 Å². The summed E-state index contributed by atoms with van der Waals surface area (Å²) < 4.78 is 5.19. The number of methoxy groups -OCH3 is 1. The van der Waals surface area contributed by atoms with Gasteiger partial charge in [-0.25, -0.2) is 0 Å². The summed E-state index contributed by atoms with van der Waals surface area (Å²) in [7, 11) is 1.75. The number of nitrogens with one attached hydrogen (secondary N) is 1. The van der Waals surface area contributed by atoms with Crippen LogP contribution >= 0.6 is 0 Å². The quantitative estimate of drug-likeness (QED) is 0.600. The van der Waals surface area contributed by atoms with Crippen molar-refractivity contribution < 1.29 is 9.84 Å². The maximum Gasteiger partial charge on any atom is 0.0611 e. The first-order valence-electron chi connectivity index (χ1n) is 7.66. The molecule has 19 heavy (non-hydrogen) atoms. The second kappa shape index (κ2) is 8.20. The molecule has 1 fully saturated rings. The van der Waals surface area contributed by atoms with Gasteiger partial charge in [0.05, 0.1) is 13.2 Å². The highest BCUT2D eigenvalue weighted by Crippen LogP contribution is 2.24. The van der Waals surface area contributed by atoms with Crippen molar-refractivity contribution in [3.8, 4) is 0 Å². The summed E-state index contributed by atoms with van der Waals surface area (Å²) >= 11 is 0. The number of aliphatic hydroxyl groups excluding tert-OH is 1. The number of hydrogen-bond donors (Lipinski definition) is 2. The number of nitrogens with zero attached hydrogens (tertiary/aromatic N) is 1. The molecule has 0 bridgehead atoms. The van der Waals surface area contributed by atoms with Crippen molar-refractivity contribution >= 4 is 0 Å². The molecule has 4 heteroatoms. The molecule has 1 saturated carbocycles. The molecule has 1 aliphatic carbocycles. The molecule has 0 amide bonds. The molecule has 2 unspecified atom stereocenters. The van der Waals surface area contributed by atoms with E-state index in [2.05, 4.69) is 31.0 Å². The Kier molecular flexibility index (Phi) is 7.29. The molecule has 0 saturated heterocycles. The highest BCUT2D eigenvalue weighted by atomic mass is 16.5. The molecule has 1 aliphatic rings. The fourth-order valence-electron chi connectivity index (χ4n) is 2.33. The van der Waals surface area contributed by atoms with Gasteiger partial charge in [0, 0.05) is 37.8 Å². The minimum atomic E-state index is -0.139. The van der Waals surface area contributed by atoms with Crippen LogP contribution in [0.3, 0.4) is 0 Å². The van der Waals surface area contributed by atoms with Crippen molar-refractivity contribution in [1.29, 1.82) is 0 Å². The smallest absolute Gasteiger partial charge is 0.0611 e. The summed E-state index contributed by atoms with van der Waals surface area (Å²) in [5.74, 6) is 0. The van der Waals surface area contributed by atoms with E-state index in [1.54, 1.807) is 7.11 Å². The van der Waals surface area contributed by atoms with Crippen LogP contribution < -0.4 is 5.32 Å². The predicted molar refractivity (Wildman–Crippen MR) is 79.5 cm³/mol. The Morgan fingerprint density at radius 2 is 2.11 bits per heavy atom. The van der Waals surface area contributed by atoms with Crippen LogP contribution in [0.1, 0.15) is 46.5 Å². The zero-order valence-electron chi connectivity index (χ0n) is 13.1. The molecular formula is C15H32N2O2. The van der Waals surface area contributed by atoms with E-state index in [0.29, 0.717) is 12.1 Å². The van der Waals surface area contributed by atoms with Crippen molar-refractivity contribution in [2.24, 2.45) is 0 Å². The van der Waals surface area contributed by atoms with Crippen LogP contribution in [0.5, 0.6) is 0 Å². The second-order valence-corrected chi connectivity index (χ2v) is 6.17. The Labute approximate surface area is 118 Å². The largest absolute Gasteiger partial charge is 0.394 e. The van der Waals surface area contributed by atoms with Crippen molar-refractivity contribution in [2.45, 2.75) is 64.1 Å². The summed E-state index contributed by atoms with van der Waals surface area (Å²) in [6.07, 6.45) is 4.65. The van der Waals surface area contributed by atoms with Crippen LogP contribution in [0.2, 0.25) is 0 Å². The van der Waals surface area contributed by atoms with Gasteiger partial charge in [-0.1, -0.05) is 6.92 Å². The van der Waals surface area contributed by atoms with E-state index in [4.69, 9.17) is 4.74 Å². The zero-order chi connectivity index (χ0) is 14.3.